The summed E-state index contributed by atoms with van der Waals surface area (Å²) in [6, 6.07) is 58.4. The van der Waals surface area contributed by atoms with E-state index >= 15 is 0 Å². The van der Waals surface area contributed by atoms with Crippen LogP contribution >= 0.6 is 0 Å². The summed E-state index contributed by atoms with van der Waals surface area (Å²) in [5, 5.41) is 7.68. The van der Waals surface area contributed by atoms with E-state index < -0.39 is 0 Å². The van der Waals surface area contributed by atoms with Gasteiger partial charge in [-0.25, -0.2) is 0 Å². The van der Waals surface area contributed by atoms with Gasteiger partial charge in [0.2, 0.25) is 0 Å². The summed E-state index contributed by atoms with van der Waals surface area (Å²) in [5.41, 5.74) is 13.1. The van der Waals surface area contributed by atoms with Crippen LogP contribution in [0, 0.1) is 0 Å². The van der Waals surface area contributed by atoms with Crippen molar-refractivity contribution in [3.8, 4) is 44.5 Å². The Labute approximate surface area is 264 Å². The molecule has 45 heavy (non-hydrogen) atoms. The zero-order valence-electron chi connectivity index (χ0n) is 25.5. The highest BCUT2D eigenvalue weighted by Gasteiger charge is 2.35. The van der Waals surface area contributed by atoms with E-state index in [0.29, 0.717) is 0 Å². The topological polar surface area (TPSA) is 0 Å². The number of benzene rings is 8. The molecule has 0 nitrogen and oxygen atoms in total. The Kier molecular flexibility index (Phi) is 5.64. The van der Waals surface area contributed by atoms with Gasteiger partial charge in [-0.1, -0.05) is 159 Å². The molecular weight excluding hydrogens is 540 g/mol. The van der Waals surface area contributed by atoms with Crippen LogP contribution in [0.1, 0.15) is 25.0 Å². The molecule has 0 spiro atoms. The third-order valence-corrected chi connectivity index (χ3v) is 10.1. The Balaban J connectivity index is 1.29. The SMILES string of the molecule is CC1(C)c2ccccc2-c2ccc(-c3c4ccccc4c(-c4cccc(-c5cccc6ccccc56)c4)c4ccccc34)cc21. The van der Waals surface area contributed by atoms with Gasteiger partial charge in [0.05, 0.1) is 0 Å². The van der Waals surface area contributed by atoms with E-state index in [1.165, 1.54) is 88.0 Å². The molecule has 0 bridgehead atoms. The number of rotatable bonds is 3. The van der Waals surface area contributed by atoms with Gasteiger partial charge in [-0.15, -0.1) is 0 Å². The monoisotopic (exact) mass is 572 g/mol. The van der Waals surface area contributed by atoms with Crippen LogP contribution in [0.25, 0.3) is 76.8 Å². The second-order valence-electron chi connectivity index (χ2n) is 12.9. The number of hydrogen-bond donors (Lipinski definition) is 0. The summed E-state index contributed by atoms with van der Waals surface area (Å²) in [5.74, 6) is 0. The summed E-state index contributed by atoms with van der Waals surface area (Å²) in [7, 11) is 0. The minimum atomic E-state index is -0.0461. The maximum absolute atomic E-state index is 2.46. The molecule has 0 aliphatic heterocycles. The first kappa shape index (κ1) is 26.0. The van der Waals surface area contributed by atoms with E-state index in [-0.39, 0.29) is 5.41 Å². The molecule has 0 radical (unpaired) electrons. The van der Waals surface area contributed by atoms with Gasteiger partial charge in [0, 0.05) is 5.41 Å². The lowest BCUT2D eigenvalue weighted by Gasteiger charge is -2.23. The van der Waals surface area contributed by atoms with Gasteiger partial charge >= 0.3 is 0 Å². The summed E-state index contributed by atoms with van der Waals surface area (Å²) < 4.78 is 0. The smallest absolute Gasteiger partial charge is 0.0159 e. The Morgan fingerprint density at radius 3 is 1.53 bits per heavy atom. The standard InChI is InChI=1S/C45H32/c1-45(2)41-24-10-9-18-35(41)36-26-25-32(28-42(36)45)44-39-21-7-5-19-37(39)43(38-20-6-8-22-40(38)44)31-16-11-15-30(27-31)34-23-12-14-29-13-3-4-17-33(29)34/h3-28H,1-2H3. The van der Waals surface area contributed by atoms with Crippen LogP contribution in [0.3, 0.4) is 0 Å². The maximum atomic E-state index is 2.46. The number of hydrogen-bond acceptors (Lipinski definition) is 0. The van der Waals surface area contributed by atoms with E-state index in [4.69, 9.17) is 0 Å². The Bertz CT molecular complexity index is 2390. The molecule has 1 aliphatic rings. The minimum absolute atomic E-state index is 0.0461. The van der Waals surface area contributed by atoms with E-state index in [0.717, 1.165) is 0 Å². The molecule has 8 aromatic rings. The highest BCUT2D eigenvalue weighted by molar-refractivity contribution is 6.21. The average molecular weight is 573 g/mol. The van der Waals surface area contributed by atoms with Gasteiger partial charge in [0.1, 0.15) is 0 Å². The quantitative estimate of drug-likeness (QED) is 0.185. The Morgan fingerprint density at radius 2 is 0.822 bits per heavy atom. The van der Waals surface area contributed by atoms with Crippen LogP contribution in [-0.4, -0.2) is 0 Å². The lowest BCUT2D eigenvalue weighted by molar-refractivity contribution is 0.660. The molecule has 0 atom stereocenters. The molecule has 212 valence electrons. The normalized spacial score (nSPS) is 13.3. The number of fused-ring (bicyclic) bond motifs is 6. The van der Waals surface area contributed by atoms with Gasteiger partial charge in [0.15, 0.2) is 0 Å². The Hall–Kier alpha value is -5.46. The van der Waals surface area contributed by atoms with E-state index in [1.54, 1.807) is 0 Å². The van der Waals surface area contributed by atoms with Crippen LogP contribution in [0.2, 0.25) is 0 Å². The van der Waals surface area contributed by atoms with Gasteiger partial charge < -0.3 is 0 Å². The van der Waals surface area contributed by atoms with Crippen molar-refractivity contribution in [2.45, 2.75) is 19.3 Å². The van der Waals surface area contributed by atoms with E-state index in [9.17, 15) is 0 Å². The highest BCUT2D eigenvalue weighted by Crippen LogP contribution is 2.51. The maximum Gasteiger partial charge on any atom is 0.0159 e. The van der Waals surface area contributed by atoms with Gasteiger partial charge in [0.25, 0.3) is 0 Å². The van der Waals surface area contributed by atoms with Crippen LogP contribution in [0.5, 0.6) is 0 Å². The second kappa shape index (κ2) is 9.78. The molecule has 0 heteroatoms. The predicted octanol–water partition coefficient (Wildman–Crippen LogP) is 12.5. The molecule has 0 amide bonds. The highest BCUT2D eigenvalue weighted by atomic mass is 14.4. The molecule has 0 N–H and O–H groups in total. The third kappa shape index (κ3) is 3.85. The summed E-state index contributed by atoms with van der Waals surface area (Å²) >= 11 is 0. The summed E-state index contributed by atoms with van der Waals surface area (Å²) in [4.78, 5) is 0. The summed E-state index contributed by atoms with van der Waals surface area (Å²) in [6.07, 6.45) is 0. The second-order valence-corrected chi connectivity index (χ2v) is 12.9. The van der Waals surface area contributed by atoms with E-state index in [2.05, 4.69) is 172 Å². The molecule has 1 aliphatic carbocycles. The fourth-order valence-corrected chi connectivity index (χ4v) is 7.93. The Morgan fingerprint density at radius 1 is 0.333 bits per heavy atom. The van der Waals surface area contributed by atoms with Crippen LogP contribution < -0.4 is 0 Å². The molecule has 0 unspecified atom stereocenters. The predicted molar refractivity (Wildman–Crippen MR) is 193 cm³/mol. The molecule has 0 saturated carbocycles. The van der Waals surface area contributed by atoms with Gasteiger partial charge in [-0.3, -0.25) is 0 Å². The fourth-order valence-electron chi connectivity index (χ4n) is 7.93. The molecular formula is C45H32. The first-order valence-corrected chi connectivity index (χ1v) is 15.9. The lowest BCUT2D eigenvalue weighted by Crippen LogP contribution is -2.14. The van der Waals surface area contributed by atoms with Crippen molar-refractivity contribution in [2.75, 3.05) is 0 Å². The average Bonchev–Trinajstić information content (AvgIpc) is 3.32. The fraction of sp³-hybridized carbons (Fsp3) is 0.0667. The molecule has 0 fully saturated rings. The van der Waals surface area contributed by atoms with Crippen molar-refractivity contribution in [2.24, 2.45) is 0 Å². The molecule has 8 aromatic carbocycles. The first-order valence-electron chi connectivity index (χ1n) is 15.9. The molecule has 0 aromatic heterocycles. The molecule has 0 saturated heterocycles. The van der Waals surface area contributed by atoms with Gasteiger partial charge in [-0.05, 0) is 100 Å². The first-order chi connectivity index (χ1) is 22.1. The minimum Gasteiger partial charge on any atom is -0.0619 e. The summed E-state index contributed by atoms with van der Waals surface area (Å²) in [6.45, 7) is 4.73. The van der Waals surface area contributed by atoms with Crippen LogP contribution in [0.4, 0.5) is 0 Å². The largest absolute Gasteiger partial charge is 0.0619 e. The van der Waals surface area contributed by atoms with E-state index in [1.807, 2.05) is 0 Å². The van der Waals surface area contributed by atoms with Crippen LogP contribution in [-0.2, 0) is 5.41 Å². The molecule has 9 rings (SSSR count). The van der Waals surface area contributed by atoms with Crippen molar-refractivity contribution in [3.05, 3.63) is 169 Å². The zero-order chi connectivity index (χ0) is 30.1. The van der Waals surface area contributed by atoms with Gasteiger partial charge in [-0.2, -0.15) is 0 Å². The lowest BCUT2D eigenvalue weighted by atomic mass is 9.80. The van der Waals surface area contributed by atoms with Crippen molar-refractivity contribution in [3.63, 3.8) is 0 Å². The van der Waals surface area contributed by atoms with Crippen molar-refractivity contribution in [1.29, 1.82) is 0 Å². The van der Waals surface area contributed by atoms with Crippen molar-refractivity contribution >= 4 is 32.3 Å². The molecule has 0 heterocycles. The van der Waals surface area contributed by atoms with Crippen molar-refractivity contribution < 1.29 is 0 Å². The van der Waals surface area contributed by atoms with Crippen molar-refractivity contribution in [1.82, 2.24) is 0 Å². The third-order valence-electron chi connectivity index (χ3n) is 10.1. The van der Waals surface area contributed by atoms with Crippen LogP contribution in [0.15, 0.2) is 158 Å². The zero-order valence-corrected chi connectivity index (χ0v) is 25.5.